The van der Waals surface area contributed by atoms with Crippen molar-refractivity contribution in [2.45, 2.75) is 17.5 Å². The molecule has 21 heavy (non-hydrogen) atoms. The van der Waals surface area contributed by atoms with E-state index >= 15 is 0 Å². The van der Waals surface area contributed by atoms with Gasteiger partial charge in [-0.1, -0.05) is 36.4 Å². The Labute approximate surface area is 123 Å². The molecule has 0 aliphatic heterocycles. The van der Waals surface area contributed by atoms with Crippen molar-refractivity contribution in [3.63, 3.8) is 0 Å². The fraction of sp³-hybridized carbons (Fsp3) is 0.214. The second-order valence-corrected chi connectivity index (χ2v) is 6.47. The minimum Gasteiger partial charge on any atom is -0.367 e. The lowest BCUT2D eigenvalue weighted by Gasteiger charge is -2.26. The fourth-order valence-electron chi connectivity index (χ4n) is 1.98. The van der Waals surface area contributed by atoms with Crippen LogP contribution in [0.1, 0.15) is 6.92 Å². The van der Waals surface area contributed by atoms with Crippen LogP contribution in [-0.2, 0) is 14.8 Å². The van der Waals surface area contributed by atoms with Crippen molar-refractivity contribution in [3.05, 3.63) is 42.5 Å². The SMILES string of the molecule is CNC(C)(NS(=O)(=O)c1cccc2ccccc12)C(N)=O. The Kier molecular flexibility index (Phi) is 3.99. The van der Waals surface area contributed by atoms with Crippen molar-refractivity contribution < 1.29 is 13.2 Å². The molecule has 0 heterocycles. The average Bonchev–Trinajstić information content (AvgIpc) is 2.45. The van der Waals surface area contributed by atoms with E-state index < -0.39 is 21.6 Å². The molecule has 0 bridgehead atoms. The van der Waals surface area contributed by atoms with Crippen LogP contribution in [0.5, 0.6) is 0 Å². The van der Waals surface area contributed by atoms with E-state index in [0.717, 1.165) is 5.39 Å². The van der Waals surface area contributed by atoms with E-state index in [1.54, 1.807) is 18.2 Å². The normalized spacial score (nSPS) is 14.8. The van der Waals surface area contributed by atoms with Gasteiger partial charge in [-0.3, -0.25) is 10.1 Å². The molecule has 112 valence electrons. The summed E-state index contributed by atoms with van der Waals surface area (Å²) in [7, 11) is -2.46. The molecule has 2 rings (SSSR count). The summed E-state index contributed by atoms with van der Waals surface area (Å²) in [6.07, 6.45) is 0. The van der Waals surface area contributed by atoms with E-state index in [9.17, 15) is 13.2 Å². The predicted molar refractivity (Wildman–Crippen MR) is 80.9 cm³/mol. The number of hydrogen-bond donors (Lipinski definition) is 3. The highest BCUT2D eigenvalue weighted by atomic mass is 32.2. The fourth-order valence-corrected chi connectivity index (χ4v) is 3.56. The molecule has 0 radical (unpaired) electrons. The standard InChI is InChI=1S/C14H17N3O3S/c1-14(16-2,13(15)18)17-21(19,20)12-9-5-7-10-6-3-4-8-11(10)12/h3-9,16-17H,1-2H3,(H2,15,18). The van der Waals surface area contributed by atoms with Gasteiger partial charge in [-0.25, -0.2) is 8.42 Å². The zero-order valence-corrected chi connectivity index (χ0v) is 12.6. The zero-order chi connectivity index (χ0) is 15.7. The van der Waals surface area contributed by atoms with Crippen LogP contribution in [0.3, 0.4) is 0 Å². The topological polar surface area (TPSA) is 101 Å². The number of amides is 1. The molecule has 2 aromatic rings. The van der Waals surface area contributed by atoms with Crippen LogP contribution >= 0.6 is 0 Å². The number of rotatable bonds is 5. The van der Waals surface area contributed by atoms with Gasteiger partial charge in [-0.15, -0.1) is 0 Å². The highest BCUT2D eigenvalue weighted by Crippen LogP contribution is 2.23. The first-order valence-electron chi connectivity index (χ1n) is 6.31. The number of nitrogens with one attached hydrogen (secondary N) is 2. The Balaban J connectivity index is 2.55. The second kappa shape index (κ2) is 5.44. The van der Waals surface area contributed by atoms with Gasteiger partial charge in [0.15, 0.2) is 5.66 Å². The number of nitrogens with two attached hydrogens (primary N) is 1. The Morgan fingerprint density at radius 2 is 1.76 bits per heavy atom. The number of fused-ring (bicyclic) bond motifs is 1. The highest BCUT2D eigenvalue weighted by molar-refractivity contribution is 7.89. The summed E-state index contributed by atoms with van der Waals surface area (Å²) in [6.45, 7) is 1.37. The first kappa shape index (κ1) is 15.4. The van der Waals surface area contributed by atoms with Gasteiger partial charge in [0.25, 0.3) is 5.91 Å². The van der Waals surface area contributed by atoms with Crippen LogP contribution in [0, 0.1) is 0 Å². The third-order valence-electron chi connectivity index (χ3n) is 3.37. The Morgan fingerprint density at radius 3 is 2.38 bits per heavy atom. The molecule has 0 aliphatic rings. The highest BCUT2D eigenvalue weighted by Gasteiger charge is 2.35. The minimum absolute atomic E-state index is 0.100. The van der Waals surface area contributed by atoms with Gasteiger partial charge in [0.1, 0.15) is 0 Å². The summed E-state index contributed by atoms with van der Waals surface area (Å²) < 4.78 is 27.4. The number of primary amides is 1. The molecule has 0 aromatic heterocycles. The summed E-state index contributed by atoms with van der Waals surface area (Å²) in [5, 5.41) is 3.96. The summed E-state index contributed by atoms with van der Waals surface area (Å²) in [5.41, 5.74) is 3.69. The lowest BCUT2D eigenvalue weighted by Crippen LogP contribution is -2.63. The molecule has 7 heteroatoms. The molecule has 4 N–H and O–H groups in total. The van der Waals surface area contributed by atoms with Crippen LogP contribution in [0.2, 0.25) is 0 Å². The van der Waals surface area contributed by atoms with Crippen molar-refractivity contribution >= 4 is 26.7 Å². The monoisotopic (exact) mass is 307 g/mol. The van der Waals surface area contributed by atoms with Gasteiger partial charge in [0.05, 0.1) is 4.90 Å². The number of benzene rings is 2. The van der Waals surface area contributed by atoms with Gasteiger partial charge in [0, 0.05) is 5.39 Å². The molecule has 1 unspecified atom stereocenters. The van der Waals surface area contributed by atoms with Crippen LogP contribution in [-0.4, -0.2) is 27.0 Å². The third-order valence-corrected chi connectivity index (χ3v) is 4.98. The van der Waals surface area contributed by atoms with Crippen molar-refractivity contribution in [3.8, 4) is 0 Å². The van der Waals surface area contributed by atoms with Gasteiger partial charge in [-0.05, 0) is 25.4 Å². The molecule has 0 saturated heterocycles. The van der Waals surface area contributed by atoms with Gasteiger partial charge in [-0.2, -0.15) is 4.72 Å². The van der Waals surface area contributed by atoms with E-state index in [1.165, 1.54) is 20.0 Å². The van der Waals surface area contributed by atoms with Crippen molar-refractivity contribution in [2.75, 3.05) is 7.05 Å². The Bertz CT molecular complexity index is 784. The largest absolute Gasteiger partial charge is 0.367 e. The average molecular weight is 307 g/mol. The van der Waals surface area contributed by atoms with Crippen LogP contribution in [0.15, 0.2) is 47.4 Å². The summed E-state index contributed by atoms with van der Waals surface area (Å²) >= 11 is 0. The molecule has 1 atom stereocenters. The van der Waals surface area contributed by atoms with Crippen LogP contribution in [0.4, 0.5) is 0 Å². The molecule has 6 nitrogen and oxygen atoms in total. The molecule has 0 fully saturated rings. The third kappa shape index (κ3) is 2.90. The van der Waals surface area contributed by atoms with E-state index in [0.29, 0.717) is 5.39 Å². The quantitative estimate of drug-likeness (QED) is 0.702. The maximum absolute atomic E-state index is 12.6. The minimum atomic E-state index is -3.91. The number of hydrogen-bond acceptors (Lipinski definition) is 4. The Morgan fingerprint density at radius 1 is 1.14 bits per heavy atom. The summed E-state index contributed by atoms with van der Waals surface area (Å²) in [5.74, 6) is -0.811. The predicted octanol–water partition coefficient (Wildman–Crippen LogP) is 0.539. The smallest absolute Gasteiger partial charge is 0.253 e. The van der Waals surface area contributed by atoms with Crippen molar-refractivity contribution in [1.82, 2.24) is 10.0 Å². The molecular weight excluding hydrogens is 290 g/mol. The molecule has 0 saturated carbocycles. The maximum atomic E-state index is 12.6. The first-order valence-corrected chi connectivity index (χ1v) is 7.79. The lowest BCUT2D eigenvalue weighted by molar-refractivity contribution is -0.124. The van der Waals surface area contributed by atoms with Crippen molar-refractivity contribution in [2.24, 2.45) is 5.73 Å². The van der Waals surface area contributed by atoms with Gasteiger partial charge in [0.2, 0.25) is 10.0 Å². The maximum Gasteiger partial charge on any atom is 0.253 e. The molecule has 2 aromatic carbocycles. The molecule has 1 amide bonds. The number of carbonyl (C=O) groups is 1. The molecule has 0 aliphatic carbocycles. The second-order valence-electron chi connectivity index (χ2n) is 4.82. The van der Waals surface area contributed by atoms with Crippen LogP contribution < -0.4 is 15.8 Å². The molecular formula is C14H17N3O3S. The van der Waals surface area contributed by atoms with E-state index in [-0.39, 0.29) is 4.90 Å². The molecule has 0 spiro atoms. The van der Waals surface area contributed by atoms with E-state index in [2.05, 4.69) is 10.0 Å². The Hall–Kier alpha value is -1.96. The first-order chi connectivity index (χ1) is 9.80. The zero-order valence-electron chi connectivity index (χ0n) is 11.8. The summed E-state index contributed by atoms with van der Waals surface area (Å²) in [4.78, 5) is 11.6. The van der Waals surface area contributed by atoms with Crippen molar-refractivity contribution in [1.29, 1.82) is 0 Å². The van der Waals surface area contributed by atoms with E-state index in [4.69, 9.17) is 5.73 Å². The number of sulfonamides is 1. The number of carbonyl (C=O) groups excluding carboxylic acids is 1. The lowest BCUT2D eigenvalue weighted by atomic mass is 10.1. The van der Waals surface area contributed by atoms with Crippen LogP contribution in [0.25, 0.3) is 10.8 Å². The number of likely N-dealkylation sites (N-methyl/N-ethyl adjacent to an activating group) is 1. The van der Waals surface area contributed by atoms with Gasteiger partial charge < -0.3 is 5.73 Å². The van der Waals surface area contributed by atoms with Gasteiger partial charge >= 0.3 is 0 Å². The summed E-state index contributed by atoms with van der Waals surface area (Å²) in [6, 6.07) is 12.1. The van der Waals surface area contributed by atoms with E-state index in [1.807, 2.05) is 18.2 Å².